The maximum absolute atomic E-state index is 14.3. The molecule has 0 heterocycles. The van der Waals surface area contributed by atoms with Gasteiger partial charge in [0.05, 0.1) is 0 Å². The van der Waals surface area contributed by atoms with Gasteiger partial charge >= 0.3 is 43.6 Å². The van der Waals surface area contributed by atoms with Crippen LogP contribution in [0, 0.1) is 13.8 Å². The molecule has 0 saturated carbocycles. The fraction of sp³-hybridized carbons (Fsp3) is 0.368. The van der Waals surface area contributed by atoms with Crippen molar-refractivity contribution in [2.45, 2.75) is 42.6 Å². The molecule has 39 heavy (non-hydrogen) atoms. The van der Waals surface area contributed by atoms with E-state index in [0.29, 0.717) is 13.8 Å². The molecule has 2 aromatic rings. The molecule has 0 atom stereocenters. The molecule has 6 nitrogen and oxygen atoms in total. The largest absolute Gasteiger partial charge is 0.534 e. The summed E-state index contributed by atoms with van der Waals surface area (Å²) in [5.41, 5.74) is -22.2. The van der Waals surface area contributed by atoms with E-state index in [9.17, 15) is 69.5 Å². The van der Waals surface area contributed by atoms with Gasteiger partial charge in [-0.1, -0.05) is 24.3 Å². The van der Waals surface area contributed by atoms with Crippen LogP contribution in [0.1, 0.15) is 22.3 Å². The van der Waals surface area contributed by atoms with Crippen LogP contribution >= 0.6 is 0 Å². The van der Waals surface area contributed by atoms with Gasteiger partial charge in [-0.25, -0.2) is 0 Å². The zero-order chi connectivity index (χ0) is 30.6. The van der Waals surface area contributed by atoms with Crippen LogP contribution in [0.2, 0.25) is 0 Å². The number of hydrogen-bond acceptors (Lipinski definition) is 6. The normalized spacial score (nSPS) is 14.3. The van der Waals surface area contributed by atoms with E-state index in [4.69, 9.17) is 0 Å². The van der Waals surface area contributed by atoms with Crippen molar-refractivity contribution in [2.75, 3.05) is 0 Å². The molecule has 0 N–H and O–H groups in total. The molecular formula is C19H12F12O6S2. The van der Waals surface area contributed by atoms with Crippen LogP contribution in [0.5, 0.6) is 11.5 Å². The molecule has 20 heteroatoms. The molecule has 0 fully saturated rings. The van der Waals surface area contributed by atoms with E-state index in [1.54, 1.807) is 0 Å². The summed E-state index contributed by atoms with van der Waals surface area (Å²) in [6.45, 7) is 1.29. The lowest BCUT2D eigenvalue weighted by Crippen LogP contribution is -2.54. The molecule has 2 rings (SSSR count). The first-order chi connectivity index (χ1) is 17.2. The number of benzene rings is 2. The van der Waals surface area contributed by atoms with Crippen molar-refractivity contribution in [3.05, 3.63) is 58.7 Å². The highest BCUT2D eigenvalue weighted by atomic mass is 32.2. The van der Waals surface area contributed by atoms with E-state index in [1.807, 2.05) is 0 Å². The topological polar surface area (TPSA) is 86.7 Å². The Morgan fingerprint density at radius 3 is 1.03 bits per heavy atom. The van der Waals surface area contributed by atoms with Gasteiger partial charge in [0.25, 0.3) is 0 Å². The summed E-state index contributed by atoms with van der Waals surface area (Å²) in [4.78, 5) is 0. The van der Waals surface area contributed by atoms with E-state index in [2.05, 4.69) is 8.37 Å². The van der Waals surface area contributed by atoms with Crippen molar-refractivity contribution < 1.29 is 77.9 Å². The van der Waals surface area contributed by atoms with Gasteiger partial charge in [0.15, 0.2) is 0 Å². The molecule has 0 bridgehead atoms. The second-order valence-electron chi connectivity index (χ2n) is 7.67. The van der Waals surface area contributed by atoms with Crippen LogP contribution in [-0.2, 0) is 25.7 Å². The molecule has 0 saturated heterocycles. The Balaban J connectivity index is 2.80. The van der Waals surface area contributed by atoms with Gasteiger partial charge in [0.2, 0.25) is 5.41 Å². The Kier molecular flexibility index (Phi) is 7.98. The number of hydrogen-bond donors (Lipinski definition) is 0. The van der Waals surface area contributed by atoms with Crippen molar-refractivity contribution in [2.24, 2.45) is 0 Å². The summed E-state index contributed by atoms with van der Waals surface area (Å²) in [7, 11) is -12.7. The smallest absolute Gasteiger partial charge is 0.376 e. The van der Waals surface area contributed by atoms with E-state index in [1.165, 1.54) is 0 Å². The van der Waals surface area contributed by atoms with E-state index >= 15 is 0 Å². The van der Waals surface area contributed by atoms with E-state index in [-0.39, 0.29) is 36.4 Å². The van der Waals surface area contributed by atoms with Gasteiger partial charge in [0.1, 0.15) is 11.5 Å². The molecule has 2 aromatic carbocycles. The molecule has 0 aliphatic carbocycles. The summed E-state index contributed by atoms with van der Waals surface area (Å²) in [5, 5.41) is 0. The molecular weight excluding hydrogens is 616 g/mol. The minimum absolute atomic E-state index is 0.0108. The van der Waals surface area contributed by atoms with Gasteiger partial charge in [-0.2, -0.15) is 69.5 Å². The SMILES string of the molecule is Cc1cc(C(c2ccc(OS(=O)(=O)C(F)(F)F)c(C)c2)(C(F)(F)F)C(F)(F)F)ccc1OS(=O)(=O)C(F)(F)F. The summed E-state index contributed by atoms with van der Waals surface area (Å²) in [5.74, 6) is -2.52. The molecule has 0 aliphatic rings. The lowest BCUT2D eigenvalue weighted by atomic mass is 9.72. The summed E-state index contributed by atoms with van der Waals surface area (Å²) in [6.07, 6.45) is -12.6. The average Bonchev–Trinajstić information content (AvgIpc) is 2.68. The number of alkyl halides is 12. The zero-order valence-electron chi connectivity index (χ0n) is 18.8. The van der Waals surface area contributed by atoms with Gasteiger partial charge in [-0.05, 0) is 48.2 Å². The van der Waals surface area contributed by atoms with Gasteiger partial charge in [-0.15, -0.1) is 0 Å². The van der Waals surface area contributed by atoms with Crippen LogP contribution in [0.4, 0.5) is 52.7 Å². The summed E-state index contributed by atoms with van der Waals surface area (Å²) >= 11 is 0. The van der Waals surface area contributed by atoms with E-state index < -0.39 is 82.8 Å². The molecule has 0 amide bonds. The Morgan fingerprint density at radius 2 is 0.821 bits per heavy atom. The highest BCUT2D eigenvalue weighted by Gasteiger charge is 2.72. The maximum Gasteiger partial charge on any atom is 0.534 e. The number of halogens is 12. The summed E-state index contributed by atoms with van der Waals surface area (Å²) < 4.78 is 213. The van der Waals surface area contributed by atoms with E-state index in [0.717, 1.165) is 0 Å². The molecule has 0 radical (unpaired) electrons. The van der Waals surface area contributed by atoms with Crippen LogP contribution in [0.15, 0.2) is 36.4 Å². The molecule has 0 unspecified atom stereocenters. The lowest BCUT2D eigenvalue weighted by Gasteiger charge is -2.38. The quantitative estimate of drug-likeness (QED) is 0.216. The van der Waals surface area contributed by atoms with Crippen molar-refractivity contribution in [3.8, 4) is 11.5 Å². The van der Waals surface area contributed by atoms with Crippen LogP contribution < -0.4 is 8.37 Å². The van der Waals surface area contributed by atoms with Crippen molar-refractivity contribution in [1.82, 2.24) is 0 Å². The first-order valence-electron chi connectivity index (χ1n) is 9.56. The average molecular weight is 628 g/mol. The monoisotopic (exact) mass is 628 g/mol. The molecule has 0 aliphatic heterocycles. The third-order valence-corrected chi connectivity index (χ3v) is 6.96. The molecule has 0 spiro atoms. The van der Waals surface area contributed by atoms with Gasteiger partial charge in [-0.3, -0.25) is 0 Å². The molecule has 0 aromatic heterocycles. The van der Waals surface area contributed by atoms with Gasteiger partial charge in [0, 0.05) is 0 Å². The van der Waals surface area contributed by atoms with Crippen molar-refractivity contribution in [1.29, 1.82) is 0 Å². The second kappa shape index (κ2) is 9.63. The second-order valence-corrected chi connectivity index (χ2v) is 10.7. The fourth-order valence-corrected chi connectivity index (χ4v) is 4.30. The number of aryl methyl sites for hydroxylation is 2. The highest BCUT2D eigenvalue weighted by molar-refractivity contribution is 7.88. The fourth-order valence-electron chi connectivity index (χ4n) is 3.27. The lowest BCUT2D eigenvalue weighted by molar-refractivity contribution is -0.288. The Bertz CT molecular complexity index is 1340. The highest BCUT2D eigenvalue weighted by Crippen LogP contribution is 2.57. The first kappa shape index (κ1) is 32.3. The third kappa shape index (κ3) is 5.85. The predicted octanol–water partition coefficient (Wildman–Crippen LogP) is 6.17. The predicted molar refractivity (Wildman–Crippen MR) is 106 cm³/mol. The Hall–Kier alpha value is -2.90. The van der Waals surface area contributed by atoms with Gasteiger partial charge < -0.3 is 8.37 Å². The van der Waals surface area contributed by atoms with Crippen LogP contribution in [-0.4, -0.2) is 40.2 Å². The summed E-state index contributed by atoms with van der Waals surface area (Å²) in [6, 6.07) is 0.305. The van der Waals surface area contributed by atoms with Crippen molar-refractivity contribution in [3.63, 3.8) is 0 Å². The van der Waals surface area contributed by atoms with Crippen LogP contribution in [0.25, 0.3) is 0 Å². The minimum atomic E-state index is -6.35. The Labute approximate surface area is 211 Å². The zero-order valence-corrected chi connectivity index (χ0v) is 20.4. The van der Waals surface area contributed by atoms with Crippen LogP contribution in [0.3, 0.4) is 0 Å². The standard InChI is InChI=1S/C19H12F12O6S2/c1-9-7-11(3-5-13(9)36-38(32,33)18(26,27)28)15(16(20,21)22,17(23,24)25)12-4-6-14(10(2)8-12)37-39(34,35)19(29,30)31/h3-8H,1-2H3. The Morgan fingerprint density at radius 1 is 0.538 bits per heavy atom. The maximum atomic E-state index is 14.3. The first-order valence-corrected chi connectivity index (χ1v) is 12.4. The number of rotatable bonds is 6. The third-order valence-electron chi connectivity index (χ3n) is 5.03. The minimum Gasteiger partial charge on any atom is -0.376 e. The van der Waals surface area contributed by atoms with Crippen molar-refractivity contribution >= 4 is 20.2 Å². The molecule has 220 valence electrons.